The molecular formula is C17H19NO3. The molecule has 0 bridgehead atoms. The number of aliphatic hydroxyl groups excluding tert-OH is 1. The highest BCUT2D eigenvalue weighted by atomic mass is 16.5. The summed E-state index contributed by atoms with van der Waals surface area (Å²) in [4.78, 5) is 12.1. The van der Waals surface area contributed by atoms with Crippen LogP contribution < -0.4 is 10.1 Å². The van der Waals surface area contributed by atoms with Gasteiger partial charge in [0.1, 0.15) is 5.75 Å². The lowest BCUT2D eigenvalue weighted by Crippen LogP contribution is -2.12. The van der Waals surface area contributed by atoms with Crippen molar-refractivity contribution in [1.29, 1.82) is 0 Å². The molecule has 0 aliphatic rings. The first-order chi connectivity index (χ1) is 10.1. The third-order valence-electron chi connectivity index (χ3n) is 3.05. The van der Waals surface area contributed by atoms with Crippen LogP contribution in [0.3, 0.4) is 0 Å². The maximum absolute atomic E-state index is 12.1. The van der Waals surface area contributed by atoms with Gasteiger partial charge in [-0.2, -0.15) is 0 Å². The van der Waals surface area contributed by atoms with Crippen LogP contribution in [0, 0.1) is 0 Å². The highest BCUT2D eigenvalue weighted by Crippen LogP contribution is 2.18. The lowest BCUT2D eigenvalue weighted by atomic mass is 10.1. The second-order valence-electron chi connectivity index (χ2n) is 4.71. The van der Waals surface area contributed by atoms with E-state index in [9.17, 15) is 9.90 Å². The number of amides is 1. The Morgan fingerprint density at radius 1 is 1.24 bits per heavy atom. The molecule has 2 aromatic rings. The molecule has 21 heavy (non-hydrogen) atoms. The number of rotatable bonds is 5. The van der Waals surface area contributed by atoms with Gasteiger partial charge in [0, 0.05) is 11.3 Å². The van der Waals surface area contributed by atoms with Crippen LogP contribution in [0.15, 0.2) is 48.5 Å². The number of nitrogens with one attached hydrogen (secondary N) is 1. The van der Waals surface area contributed by atoms with Crippen LogP contribution in [0.1, 0.15) is 35.9 Å². The zero-order chi connectivity index (χ0) is 15.2. The molecule has 0 spiro atoms. The molecule has 0 fully saturated rings. The first-order valence-electron chi connectivity index (χ1n) is 6.92. The molecule has 1 atom stereocenters. The Morgan fingerprint density at radius 3 is 2.57 bits per heavy atom. The molecule has 110 valence electrons. The van der Waals surface area contributed by atoms with E-state index in [1.54, 1.807) is 49.4 Å². The van der Waals surface area contributed by atoms with E-state index >= 15 is 0 Å². The van der Waals surface area contributed by atoms with Gasteiger partial charge in [-0.1, -0.05) is 12.1 Å². The molecule has 0 heterocycles. The molecular weight excluding hydrogens is 266 g/mol. The minimum absolute atomic E-state index is 0.194. The van der Waals surface area contributed by atoms with E-state index in [1.165, 1.54) is 0 Å². The summed E-state index contributed by atoms with van der Waals surface area (Å²) in [6.45, 7) is 4.20. The molecule has 1 amide bonds. The quantitative estimate of drug-likeness (QED) is 0.885. The van der Waals surface area contributed by atoms with Crippen LogP contribution >= 0.6 is 0 Å². The highest BCUT2D eigenvalue weighted by Gasteiger charge is 2.08. The second-order valence-corrected chi connectivity index (χ2v) is 4.71. The smallest absolute Gasteiger partial charge is 0.255 e. The van der Waals surface area contributed by atoms with E-state index in [1.807, 2.05) is 13.0 Å². The molecule has 0 saturated carbocycles. The molecule has 0 aliphatic heterocycles. The number of aliphatic hydroxyl groups is 1. The van der Waals surface area contributed by atoms with Gasteiger partial charge in [0.25, 0.3) is 5.91 Å². The van der Waals surface area contributed by atoms with Crippen molar-refractivity contribution < 1.29 is 14.6 Å². The minimum Gasteiger partial charge on any atom is -0.494 e. The Balaban J connectivity index is 2.08. The summed E-state index contributed by atoms with van der Waals surface area (Å²) in [5.41, 5.74) is 1.98. The lowest BCUT2D eigenvalue weighted by molar-refractivity contribution is 0.102. The maximum Gasteiger partial charge on any atom is 0.255 e. The molecule has 2 rings (SSSR count). The monoisotopic (exact) mass is 285 g/mol. The molecule has 0 aromatic heterocycles. The van der Waals surface area contributed by atoms with Gasteiger partial charge in [-0.3, -0.25) is 4.79 Å². The first kappa shape index (κ1) is 15.1. The van der Waals surface area contributed by atoms with Crippen molar-refractivity contribution in [2.75, 3.05) is 11.9 Å². The van der Waals surface area contributed by atoms with E-state index in [2.05, 4.69) is 5.32 Å². The summed E-state index contributed by atoms with van der Waals surface area (Å²) in [5.74, 6) is 0.547. The summed E-state index contributed by atoms with van der Waals surface area (Å²) >= 11 is 0. The molecule has 4 nitrogen and oxygen atoms in total. The number of hydrogen-bond donors (Lipinski definition) is 2. The van der Waals surface area contributed by atoms with Gasteiger partial charge in [0.05, 0.1) is 12.7 Å². The van der Waals surface area contributed by atoms with Gasteiger partial charge >= 0.3 is 0 Å². The van der Waals surface area contributed by atoms with Crippen LogP contribution in [0.5, 0.6) is 5.75 Å². The summed E-state index contributed by atoms with van der Waals surface area (Å²) < 4.78 is 5.34. The average Bonchev–Trinajstić information content (AvgIpc) is 2.48. The van der Waals surface area contributed by atoms with Crippen molar-refractivity contribution in [3.63, 3.8) is 0 Å². The summed E-state index contributed by atoms with van der Waals surface area (Å²) in [6, 6.07) is 14.1. The lowest BCUT2D eigenvalue weighted by Gasteiger charge is -2.09. The molecule has 0 saturated heterocycles. The maximum atomic E-state index is 12.1. The van der Waals surface area contributed by atoms with Gasteiger partial charge in [0.2, 0.25) is 0 Å². The average molecular weight is 285 g/mol. The van der Waals surface area contributed by atoms with E-state index in [4.69, 9.17) is 4.74 Å². The number of hydrogen-bond acceptors (Lipinski definition) is 3. The molecule has 2 N–H and O–H groups in total. The standard InChI is InChI=1S/C17H19NO3/c1-3-21-16-9-7-13(8-10-16)17(20)18-15-6-4-5-14(11-15)12(2)19/h4-12,19H,3H2,1-2H3,(H,18,20). The Bertz CT molecular complexity index is 606. The summed E-state index contributed by atoms with van der Waals surface area (Å²) in [5, 5.41) is 12.4. The van der Waals surface area contributed by atoms with Crippen LogP contribution in [-0.2, 0) is 0 Å². The Kier molecular flexibility index (Phi) is 4.95. The van der Waals surface area contributed by atoms with Crippen molar-refractivity contribution in [3.05, 3.63) is 59.7 Å². The zero-order valence-corrected chi connectivity index (χ0v) is 12.2. The largest absolute Gasteiger partial charge is 0.494 e. The van der Waals surface area contributed by atoms with Gasteiger partial charge in [-0.15, -0.1) is 0 Å². The Morgan fingerprint density at radius 2 is 1.95 bits per heavy atom. The summed E-state index contributed by atoms with van der Waals surface area (Å²) in [7, 11) is 0. The fourth-order valence-electron chi connectivity index (χ4n) is 1.95. The second kappa shape index (κ2) is 6.90. The molecule has 0 radical (unpaired) electrons. The van der Waals surface area contributed by atoms with Crippen molar-refractivity contribution in [2.45, 2.75) is 20.0 Å². The Hall–Kier alpha value is -2.33. The van der Waals surface area contributed by atoms with E-state index in [0.29, 0.717) is 17.9 Å². The summed E-state index contributed by atoms with van der Waals surface area (Å²) in [6.07, 6.45) is -0.563. The van der Waals surface area contributed by atoms with Crippen LogP contribution in [0.25, 0.3) is 0 Å². The van der Waals surface area contributed by atoms with Crippen LogP contribution in [-0.4, -0.2) is 17.6 Å². The van der Waals surface area contributed by atoms with E-state index in [0.717, 1.165) is 11.3 Å². The van der Waals surface area contributed by atoms with Gasteiger partial charge in [-0.25, -0.2) is 0 Å². The van der Waals surface area contributed by atoms with Crippen LogP contribution in [0.4, 0.5) is 5.69 Å². The van der Waals surface area contributed by atoms with Gasteiger partial charge in [0.15, 0.2) is 0 Å². The van der Waals surface area contributed by atoms with E-state index < -0.39 is 6.10 Å². The predicted octanol–water partition coefficient (Wildman–Crippen LogP) is 3.39. The number of anilines is 1. The van der Waals surface area contributed by atoms with Gasteiger partial charge in [-0.05, 0) is 55.8 Å². The van der Waals surface area contributed by atoms with E-state index in [-0.39, 0.29) is 5.91 Å². The first-order valence-corrected chi connectivity index (χ1v) is 6.92. The number of carbonyl (C=O) groups is 1. The minimum atomic E-state index is -0.563. The normalized spacial score (nSPS) is 11.8. The Labute approximate surface area is 124 Å². The number of benzene rings is 2. The van der Waals surface area contributed by atoms with Crippen LogP contribution in [0.2, 0.25) is 0 Å². The highest BCUT2D eigenvalue weighted by molar-refractivity contribution is 6.04. The fourth-order valence-corrected chi connectivity index (χ4v) is 1.95. The topological polar surface area (TPSA) is 58.6 Å². The third kappa shape index (κ3) is 4.07. The fraction of sp³-hybridized carbons (Fsp3) is 0.235. The molecule has 2 aromatic carbocycles. The zero-order valence-electron chi connectivity index (χ0n) is 12.2. The number of carbonyl (C=O) groups excluding carboxylic acids is 1. The van der Waals surface area contributed by atoms with Crippen molar-refractivity contribution in [3.8, 4) is 5.75 Å². The molecule has 1 unspecified atom stereocenters. The third-order valence-corrected chi connectivity index (χ3v) is 3.05. The predicted molar refractivity (Wildman–Crippen MR) is 82.6 cm³/mol. The number of ether oxygens (including phenoxy) is 1. The molecule has 0 aliphatic carbocycles. The SMILES string of the molecule is CCOc1ccc(C(=O)Nc2cccc(C(C)O)c2)cc1. The van der Waals surface area contributed by atoms with Gasteiger partial charge < -0.3 is 15.2 Å². The van der Waals surface area contributed by atoms with Crippen molar-refractivity contribution >= 4 is 11.6 Å². The van der Waals surface area contributed by atoms with Crippen molar-refractivity contribution in [2.24, 2.45) is 0 Å². The molecule has 4 heteroatoms. The van der Waals surface area contributed by atoms with Crippen molar-refractivity contribution in [1.82, 2.24) is 0 Å².